The van der Waals surface area contributed by atoms with Crippen LogP contribution in [0.4, 0.5) is 5.69 Å². The lowest BCUT2D eigenvalue weighted by Gasteiger charge is -2.44. The summed E-state index contributed by atoms with van der Waals surface area (Å²) in [6.07, 6.45) is 11.5. The molecule has 2 aliphatic rings. The fourth-order valence-corrected chi connectivity index (χ4v) is 6.39. The summed E-state index contributed by atoms with van der Waals surface area (Å²) in [5.74, 6) is 0.445. The number of hydrogen-bond donors (Lipinski definition) is 4. The largest absolute Gasteiger partial charge is 0.385 e. The average Bonchev–Trinajstić information content (AvgIpc) is 2.95. The van der Waals surface area contributed by atoms with Gasteiger partial charge in [-0.25, -0.2) is 0 Å². The van der Waals surface area contributed by atoms with Crippen LogP contribution in [0.5, 0.6) is 0 Å². The van der Waals surface area contributed by atoms with Crippen molar-refractivity contribution < 1.29 is 0 Å². The van der Waals surface area contributed by atoms with Gasteiger partial charge in [0.05, 0.1) is 0 Å². The Kier molecular flexibility index (Phi) is 11.3. The van der Waals surface area contributed by atoms with Crippen molar-refractivity contribution in [2.45, 2.75) is 95.3 Å². The van der Waals surface area contributed by atoms with Crippen molar-refractivity contribution in [3.05, 3.63) is 65.2 Å². The number of rotatable bonds is 14. The van der Waals surface area contributed by atoms with Crippen molar-refractivity contribution in [1.82, 2.24) is 15.5 Å². The van der Waals surface area contributed by atoms with Gasteiger partial charge in [0.15, 0.2) is 0 Å². The number of nitrogens with zero attached hydrogens (tertiary/aromatic N) is 1. The van der Waals surface area contributed by atoms with Gasteiger partial charge in [0, 0.05) is 55.9 Å². The second kappa shape index (κ2) is 14.9. The van der Waals surface area contributed by atoms with Gasteiger partial charge in [0.1, 0.15) is 0 Å². The Morgan fingerprint density at radius 1 is 1.00 bits per heavy atom. The molecule has 5 N–H and O–H groups in total. The van der Waals surface area contributed by atoms with Crippen LogP contribution in [0.25, 0.3) is 0 Å². The zero-order chi connectivity index (χ0) is 25.9. The first kappa shape index (κ1) is 28.1. The predicted molar refractivity (Wildman–Crippen MR) is 158 cm³/mol. The normalized spacial score (nSPS) is 21.5. The summed E-state index contributed by atoms with van der Waals surface area (Å²) in [6, 6.07) is 20.0. The summed E-state index contributed by atoms with van der Waals surface area (Å²) >= 11 is 0. The molecule has 0 spiro atoms. The van der Waals surface area contributed by atoms with Crippen LogP contribution in [0.3, 0.4) is 0 Å². The summed E-state index contributed by atoms with van der Waals surface area (Å²) in [7, 11) is 2.03. The van der Waals surface area contributed by atoms with E-state index in [0.29, 0.717) is 30.6 Å². The fraction of sp³-hybridized carbons (Fsp3) is 0.625. The molecule has 5 nitrogen and oxygen atoms in total. The molecule has 3 atom stereocenters. The monoisotopic (exact) mass is 505 g/mol. The predicted octanol–water partition coefficient (Wildman–Crippen LogP) is 5.79. The molecule has 2 unspecified atom stereocenters. The number of fused-ring (bicyclic) bond motifs is 1. The van der Waals surface area contributed by atoms with Crippen LogP contribution in [-0.4, -0.2) is 50.2 Å². The molecule has 1 aliphatic carbocycles. The number of unbranched alkanes of at least 4 members (excludes halogenated alkanes) is 1. The molecule has 1 heterocycles. The van der Waals surface area contributed by atoms with E-state index in [1.807, 2.05) is 7.05 Å². The number of nitrogens with two attached hydrogens (primary N) is 1. The lowest BCUT2D eigenvalue weighted by Crippen LogP contribution is -2.44. The van der Waals surface area contributed by atoms with Crippen LogP contribution in [0.1, 0.15) is 93.4 Å². The van der Waals surface area contributed by atoms with E-state index in [-0.39, 0.29) is 0 Å². The highest BCUT2D eigenvalue weighted by molar-refractivity contribution is 5.46. The van der Waals surface area contributed by atoms with Gasteiger partial charge in [0.25, 0.3) is 0 Å². The number of nitrogens with one attached hydrogen (secondary N) is 3. The van der Waals surface area contributed by atoms with Gasteiger partial charge in [0.2, 0.25) is 0 Å². The summed E-state index contributed by atoms with van der Waals surface area (Å²) in [6.45, 7) is 7.14. The quantitative estimate of drug-likeness (QED) is 0.245. The van der Waals surface area contributed by atoms with Gasteiger partial charge in [-0.1, -0.05) is 69.0 Å². The van der Waals surface area contributed by atoms with Crippen molar-refractivity contribution in [3.63, 3.8) is 0 Å². The first-order valence-corrected chi connectivity index (χ1v) is 15.0. The lowest BCUT2D eigenvalue weighted by molar-refractivity contribution is 0.136. The average molecular weight is 506 g/mol. The minimum absolute atomic E-state index is 0.376. The maximum Gasteiger partial charge on any atom is 0.0432 e. The van der Waals surface area contributed by atoms with Crippen LogP contribution < -0.4 is 21.7 Å². The van der Waals surface area contributed by atoms with Crippen LogP contribution in [0.15, 0.2) is 48.5 Å². The Hall–Kier alpha value is -1.92. The second-order valence-electron chi connectivity index (χ2n) is 11.2. The first-order valence-electron chi connectivity index (χ1n) is 15.0. The fourth-order valence-electron chi connectivity index (χ4n) is 6.39. The summed E-state index contributed by atoms with van der Waals surface area (Å²) < 4.78 is 0. The highest BCUT2D eigenvalue weighted by Crippen LogP contribution is 2.43. The number of hydrogen-bond acceptors (Lipinski definition) is 5. The summed E-state index contributed by atoms with van der Waals surface area (Å²) in [5.41, 5.74) is 11.7. The van der Waals surface area contributed by atoms with E-state index in [0.717, 1.165) is 39.0 Å². The van der Waals surface area contributed by atoms with Crippen molar-refractivity contribution >= 4 is 5.69 Å². The maximum absolute atomic E-state index is 5.98. The molecule has 204 valence electrons. The van der Waals surface area contributed by atoms with E-state index in [9.17, 15) is 0 Å². The molecule has 37 heavy (non-hydrogen) atoms. The maximum atomic E-state index is 5.98. The van der Waals surface area contributed by atoms with Crippen LogP contribution in [0, 0.1) is 0 Å². The summed E-state index contributed by atoms with van der Waals surface area (Å²) in [4.78, 5) is 2.75. The third kappa shape index (κ3) is 7.79. The highest BCUT2D eigenvalue weighted by atomic mass is 15.2. The molecule has 5 heteroatoms. The van der Waals surface area contributed by atoms with Crippen LogP contribution >= 0.6 is 0 Å². The lowest BCUT2D eigenvalue weighted by atomic mass is 9.79. The Morgan fingerprint density at radius 2 is 1.78 bits per heavy atom. The second-order valence-corrected chi connectivity index (χ2v) is 11.2. The van der Waals surface area contributed by atoms with Crippen molar-refractivity contribution in [2.24, 2.45) is 5.73 Å². The van der Waals surface area contributed by atoms with Crippen LogP contribution in [-0.2, 0) is 6.54 Å². The molecule has 1 aliphatic heterocycles. The minimum Gasteiger partial charge on any atom is -0.385 e. The molecule has 0 saturated heterocycles. The van der Waals surface area contributed by atoms with E-state index in [1.165, 1.54) is 67.3 Å². The molecule has 0 bridgehead atoms. The topological polar surface area (TPSA) is 65.3 Å². The van der Waals surface area contributed by atoms with Gasteiger partial charge in [-0.2, -0.15) is 0 Å². The molecule has 2 aromatic rings. The first-order chi connectivity index (χ1) is 18.2. The highest BCUT2D eigenvalue weighted by Gasteiger charge is 2.36. The molecular weight excluding hydrogens is 454 g/mol. The van der Waals surface area contributed by atoms with Crippen molar-refractivity contribution in [3.8, 4) is 0 Å². The third-order valence-electron chi connectivity index (χ3n) is 8.64. The molecule has 2 aromatic carbocycles. The van der Waals surface area contributed by atoms with Crippen molar-refractivity contribution in [2.75, 3.05) is 38.5 Å². The van der Waals surface area contributed by atoms with Gasteiger partial charge in [-0.05, 0) is 74.5 Å². The zero-order valence-corrected chi connectivity index (χ0v) is 23.4. The molecule has 0 amide bonds. The van der Waals surface area contributed by atoms with Gasteiger partial charge >= 0.3 is 0 Å². The number of anilines is 1. The van der Waals surface area contributed by atoms with E-state index >= 15 is 0 Å². The SMILES string of the molecule is CCCCNc1ccc(C2C(CNC3CCCCC3)c3ccccc3CN2CCC[C@@H](CN)NC)cc1. The Morgan fingerprint density at radius 3 is 2.51 bits per heavy atom. The van der Waals surface area contributed by atoms with Gasteiger partial charge in [-0.3, -0.25) is 4.90 Å². The Bertz CT molecular complexity index is 904. The van der Waals surface area contributed by atoms with Crippen LogP contribution in [0.2, 0.25) is 0 Å². The molecule has 0 aromatic heterocycles. The molecule has 0 radical (unpaired) electrons. The van der Waals surface area contributed by atoms with E-state index in [4.69, 9.17) is 5.73 Å². The van der Waals surface area contributed by atoms with E-state index in [2.05, 4.69) is 76.3 Å². The van der Waals surface area contributed by atoms with E-state index < -0.39 is 0 Å². The Balaban J connectivity index is 1.58. The van der Waals surface area contributed by atoms with E-state index in [1.54, 1.807) is 0 Å². The Labute approximate surface area is 226 Å². The molecule has 1 saturated carbocycles. The van der Waals surface area contributed by atoms with Gasteiger partial charge in [-0.15, -0.1) is 0 Å². The third-order valence-corrected chi connectivity index (χ3v) is 8.64. The molecule has 4 rings (SSSR count). The number of likely N-dealkylation sites (N-methyl/N-ethyl adjacent to an activating group) is 1. The smallest absolute Gasteiger partial charge is 0.0432 e. The standard InChI is InChI=1S/C32H51N5/c1-3-4-20-35-28-18-16-25(17-19-28)32-31(23-36-27-12-6-5-7-13-27)30-15-9-8-11-26(30)24-37(32)21-10-14-29(22-33)34-2/h8-9,11,15-19,27,29,31-32,34-36H,3-7,10,12-14,20-24,33H2,1-2H3/t29-,31?,32?/m0/s1. The molecular formula is C32H51N5. The zero-order valence-electron chi connectivity index (χ0n) is 23.4. The summed E-state index contributed by atoms with van der Waals surface area (Å²) in [5, 5.41) is 11.0. The number of benzene rings is 2. The van der Waals surface area contributed by atoms with Crippen molar-refractivity contribution in [1.29, 1.82) is 0 Å². The minimum atomic E-state index is 0.376. The molecule has 1 fully saturated rings. The van der Waals surface area contributed by atoms with Gasteiger partial charge < -0.3 is 21.7 Å².